The highest BCUT2D eigenvalue weighted by molar-refractivity contribution is 6.30. The van der Waals surface area contributed by atoms with Gasteiger partial charge in [-0.1, -0.05) is 54.1 Å². The molecule has 0 fully saturated rings. The average Bonchev–Trinajstić information content (AvgIpc) is 3.10. The zero-order chi connectivity index (χ0) is 20.7. The minimum atomic E-state index is -0.0730. The van der Waals surface area contributed by atoms with E-state index in [9.17, 15) is 4.79 Å². The van der Waals surface area contributed by atoms with Crippen molar-refractivity contribution in [1.29, 1.82) is 0 Å². The molecule has 1 aliphatic rings. The smallest absolute Gasteiger partial charge is 0.272 e. The molecule has 0 saturated carbocycles. The summed E-state index contributed by atoms with van der Waals surface area (Å²) in [7, 11) is 0. The van der Waals surface area contributed by atoms with Crippen LogP contribution in [0.15, 0.2) is 60.8 Å². The van der Waals surface area contributed by atoms with Crippen molar-refractivity contribution in [3.63, 3.8) is 0 Å². The van der Waals surface area contributed by atoms with E-state index in [0.717, 1.165) is 22.4 Å². The molecule has 0 spiro atoms. The maximum absolute atomic E-state index is 12.5. The van der Waals surface area contributed by atoms with Crippen molar-refractivity contribution in [2.45, 2.75) is 19.3 Å². The van der Waals surface area contributed by atoms with E-state index in [1.165, 1.54) is 0 Å². The number of carbonyl (C=O) groups excluding carboxylic acids is 1. The molecule has 2 aromatic heterocycles. The number of anilines is 1. The summed E-state index contributed by atoms with van der Waals surface area (Å²) in [5.41, 5.74) is 4.37. The molecule has 1 unspecified atom stereocenters. The molecule has 2 aromatic carbocycles. The molecular formula is C22H17ClN6O. The predicted octanol–water partition coefficient (Wildman–Crippen LogP) is 4.16. The lowest BCUT2D eigenvalue weighted by molar-refractivity contribution is -0.116. The number of halogens is 1. The first kappa shape index (κ1) is 18.4. The summed E-state index contributed by atoms with van der Waals surface area (Å²) in [6, 6.07) is 17.3. The number of aromatic nitrogens is 5. The minimum absolute atomic E-state index is 0.0701. The number of benzene rings is 2. The lowest BCUT2D eigenvalue weighted by Crippen LogP contribution is -2.25. The Morgan fingerprint density at radius 3 is 2.63 bits per heavy atom. The molecule has 4 aromatic rings. The van der Waals surface area contributed by atoms with Gasteiger partial charge in [-0.05, 0) is 24.6 Å². The van der Waals surface area contributed by atoms with Gasteiger partial charge in [0, 0.05) is 28.5 Å². The number of rotatable bonds is 3. The average molecular weight is 417 g/mol. The van der Waals surface area contributed by atoms with Crippen LogP contribution in [-0.2, 0) is 4.79 Å². The summed E-state index contributed by atoms with van der Waals surface area (Å²) in [5, 5.41) is 16.5. The Morgan fingerprint density at radius 1 is 1.10 bits per heavy atom. The van der Waals surface area contributed by atoms with Crippen LogP contribution >= 0.6 is 11.6 Å². The molecule has 1 atom stereocenters. The van der Waals surface area contributed by atoms with Crippen LogP contribution in [0.25, 0.3) is 17.2 Å². The molecule has 1 amide bonds. The van der Waals surface area contributed by atoms with Gasteiger partial charge in [0.1, 0.15) is 5.82 Å². The minimum Gasteiger partial charge on any atom is -0.310 e. The number of nitrogens with one attached hydrogen (secondary N) is 1. The Labute approximate surface area is 177 Å². The number of nitrogens with zero attached hydrogens (tertiary/aromatic N) is 5. The van der Waals surface area contributed by atoms with Gasteiger partial charge in [0.2, 0.25) is 5.91 Å². The van der Waals surface area contributed by atoms with Crippen molar-refractivity contribution >= 4 is 23.3 Å². The first-order valence-corrected chi connectivity index (χ1v) is 9.88. The normalized spacial score (nSPS) is 15.5. The zero-order valence-electron chi connectivity index (χ0n) is 16.1. The third-order valence-electron chi connectivity index (χ3n) is 5.18. The van der Waals surface area contributed by atoms with Gasteiger partial charge in [-0.2, -0.15) is 14.9 Å². The summed E-state index contributed by atoms with van der Waals surface area (Å²) >= 11 is 5.98. The van der Waals surface area contributed by atoms with Gasteiger partial charge < -0.3 is 5.32 Å². The maximum Gasteiger partial charge on any atom is 0.272 e. The zero-order valence-corrected chi connectivity index (χ0v) is 16.8. The highest BCUT2D eigenvalue weighted by atomic mass is 35.5. The Bertz CT molecular complexity index is 1240. The van der Waals surface area contributed by atoms with Gasteiger partial charge in [-0.15, -0.1) is 5.10 Å². The summed E-state index contributed by atoms with van der Waals surface area (Å²) in [6.07, 6.45) is 1.95. The van der Waals surface area contributed by atoms with Crippen molar-refractivity contribution in [3.05, 3.63) is 82.6 Å². The fraction of sp³-hybridized carbons (Fsp3) is 0.136. The second kappa shape index (κ2) is 7.35. The molecule has 0 radical (unpaired) electrons. The standard InChI is InChI=1S/C22H17ClN6O/c1-13-20-17(14-5-3-2-4-6-14)11-19(30)26-21(20)29(28-13)22-25-18(12-24-27-22)15-7-9-16(23)10-8-15/h2-10,12,17H,11H2,1H3,(H,26,30). The van der Waals surface area contributed by atoms with Crippen LogP contribution in [0.1, 0.15) is 29.2 Å². The number of hydrogen-bond donors (Lipinski definition) is 1. The van der Waals surface area contributed by atoms with Crippen molar-refractivity contribution < 1.29 is 4.79 Å². The highest BCUT2D eigenvalue weighted by Gasteiger charge is 2.33. The lowest BCUT2D eigenvalue weighted by atomic mass is 9.86. The number of fused-ring (bicyclic) bond motifs is 1. The molecule has 1 aliphatic heterocycles. The Morgan fingerprint density at radius 2 is 1.87 bits per heavy atom. The molecule has 148 valence electrons. The summed E-state index contributed by atoms with van der Waals surface area (Å²) in [5.74, 6) is 0.740. The molecule has 7 nitrogen and oxygen atoms in total. The van der Waals surface area contributed by atoms with E-state index in [1.54, 1.807) is 23.0 Å². The SMILES string of the molecule is Cc1nn(-c2nncc(-c3ccc(Cl)cc3)n2)c2c1C(c1ccccc1)CC(=O)N2. The number of aryl methyl sites for hydroxylation is 1. The summed E-state index contributed by atoms with van der Waals surface area (Å²) in [4.78, 5) is 17.1. The van der Waals surface area contributed by atoms with Gasteiger partial charge in [-0.25, -0.2) is 4.98 Å². The molecule has 1 N–H and O–H groups in total. The summed E-state index contributed by atoms with van der Waals surface area (Å²) < 4.78 is 1.56. The molecule has 5 rings (SSSR count). The number of hydrogen-bond acceptors (Lipinski definition) is 5. The topological polar surface area (TPSA) is 85.6 Å². The second-order valence-corrected chi connectivity index (χ2v) is 7.56. The maximum atomic E-state index is 12.5. The molecule has 0 aliphatic carbocycles. The van der Waals surface area contributed by atoms with Crippen LogP contribution in [0.3, 0.4) is 0 Å². The van der Waals surface area contributed by atoms with Crippen LogP contribution in [-0.4, -0.2) is 30.9 Å². The van der Waals surface area contributed by atoms with E-state index >= 15 is 0 Å². The number of amides is 1. The van der Waals surface area contributed by atoms with Crippen molar-refractivity contribution in [1.82, 2.24) is 25.0 Å². The van der Waals surface area contributed by atoms with E-state index in [2.05, 4.69) is 25.6 Å². The van der Waals surface area contributed by atoms with Crippen LogP contribution in [0, 0.1) is 6.92 Å². The molecule has 8 heteroatoms. The van der Waals surface area contributed by atoms with Gasteiger partial charge >= 0.3 is 0 Å². The largest absolute Gasteiger partial charge is 0.310 e. The molecule has 0 bridgehead atoms. The Hall–Kier alpha value is -3.58. The first-order chi connectivity index (χ1) is 14.6. The predicted molar refractivity (Wildman–Crippen MR) is 114 cm³/mol. The third kappa shape index (κ3) is 3.23. The van der Waals surface area contributed by atoms with Crippen LogP contribution < -0.4 is 5.32 Å². The molecule has 0 saturated heterocycles. The fourth-order valence-electron chi connectivity index (χ4n) is 3.81. The third-order valence-corrected chi connectivity index (χ3v) is 5.43. The van der Waals surface area contributed by atoms with Crippen LogP contribution in [0.4, 0.5) is 5.82 Å². The fourth-order valence-corrected chi connectivity index (χ4v) is 3.93. The van der Waals surface area contributed by atoms with Crippen molar-refractivity contribution in [2.24, 2.45) is 0 Å². The molecule has 30 heavy (non-hydrogen) atoms. The Balaban J connectivity index is 1.61. The first-order valence-electron chi connectivity index (χ1n) is 9.50. The van der Waals surface area contributed by atoms with E-state index in [0.29, 0.717) is 28.9 Å². The van der Waals surface area contributed by atoms with Crippen LogP contribution in [0.5, 0.6) is 0 Å². The highest BCUT2D eigenvalue weighted by Crippen LogP contribution is 2.39. The Kier molecular flexibility index (Phi) is 4.52. The monoisotopic (exact) mass is 416 g/mol. The summed E-state index contributed by atoms with van der Waals surface area (Å²) in [6.45, 7) is 1.93. The van der Waals surface area contributed by atoms with Gasteiger partial charge in [-0.3, -0.25) is 4.79 Å². The van der Waals surface area contributed by atoms with E-state index in [4.69, 9.17) is 11.6 Å². The van der Waals surface area contributed by atoms with E-state index < -0.39 is 0 Å². The quantitative estimate of drug-likeness (QED) is 0.542. The van der Waals surface area contributed by atoms with E-state index in [-0.39, 0.29) is 11.8 Å². The van der Waals surface area contributed by atoms with Gasteiger partial charge in [0.15, 0.2) is 0 Å². The number of carbonyl (C=O) groups is 1. The van der Waals surface area contributed by atoms with E-state index in [1.807, 2.05) is 49.4 Å². The molecular weight excluding hydrogens is 400 g/mol. The van der Waals surface area contributed by atoms with Crippen molar-refractivity contribution in [2.75, 3.05) is 5.32 Å². The van der Waals surface area contributed by atoms with Crippen LogP contribution in [0.2, 0.25) is 5.02 Å². The van der Waals surface area contributed by atoms with Gasteiger partial charge in [0.05, 0.1) is 17.6 Å². The second-order valence-electron chi connectivity index (χ2n) is 7.12. The van der Waals surface area contributed by atoms with Crippen molar-refractivity contribution in [3.8, 4) is 17.2 Å². The lowest BCUT2D eigenvalue weighted by Gasteiger charge is -2.24. The molecule has 3 heterocycles. The van der Waals surface area contributed by atoms with Gasteiger partial charge in [0.25, 0.3) is 5.95 Å².